The molecule has 2 aliphatic rings. The van der Waals surface area contributed by atoms with Crippen molar-refractivity contribution >= 4 is 5.69 Å². The van der Waals surface area contributed by atoms with Gasteiger partial charge in [0.15, 0.2) is 0 Å². The molecule has 0 spiro atoms. The van der Waals surface area contributed by atoms with Crippen LogP contribution >= 0.6 is 0 Å². The van der Waals surface area contributed by atoms with Crippen LogP contribution in [0.15, 0.2) is 42.7 Å². The SMILES string of the molecule is Fc1ccc(CCc2cncc(N3C[C@H]4CNC[C@H]4C3)c2)cc1. The number of halogens is 1. The smallest absolute Gasteiger partial charge is 0.123 e. The molecule has 3 nitrogen and oxygen atoms in total. The van der Waals surface area contributed by atoms with Crippen molar-refractivity contribution in [3.05, 3.63) is 59.7 Å². The van der Waals surface area contributed by atoms with E-state index >= 15 is 0 Å². The number of anilines is 1. The average molecular weight is 311 g/mol. The lowest BCUT2D eigenvalue weighted by Crippen LogP contribution is -2.25. The normalized spacial score (nSPS) is 23.3. The molecule has 0 amide bonds. The molecule has 4 rings (SSSR count). The fraction of sp³-hybridized carbons (Fsp3) is 0.421. The lowest BCUT2D eigenvalue weighted by atomic mass is 10.0. The zero-order valence-electron chi connectivity index (χ0n) is 13.2. The van der Waals surface area contributed by atoms with E-state index in [-0.39, 0.29) is 5.82 Å². The quantitative estimate of drug-likeness (QED) is 0.941. The molecule has 2 aromatic rings. The highest BCUT2D eigenvalue weighted by Crippen LogP contribution is 2.30. The molecule has 0 aliphatic carbocycles. The minimum Gasteiger partial charge on any atom is -0.370 e. The third-order valence-corrected chi connectivity index (χ3v) is 5.15. The number of aromatic nitrogens is 1. The van der Waals surface area contributed by atoms with Gasteiger partial charge < -0.3 is 10.2 Å². The lowest BCUT2D eigenvalue weighted by molar-refractivity contribution is 0.533. The van der Waals surface area contributed by atoms with Gasteiger partial charge in [0, 0.05) is 32.4 Å². The predicted molar refractivity (Wildman–Crippen MR) is 90.1 cm³/mol. The Labute approximate surface area is 136 Å². The zero-order valence-corrected chi connectivity index (χ0v) is 13.2. The van der Waals surface area contributed by atoms with Crippen molar-refractivity contribution in [2.75, 3.05) is 31.1 Å². The number of pyridine rings is 1. The maximum Gasteiger partial charge on any atom is 0.123 e. The Bertz CT molecular complexity index is 659. The second-order valence-electron chi connectivity index (χ2n) is 6.76. The molecule has 2 saturated heterocycles. The summed E-state index contributed by atoms with van der Waals surface area (Å²) < 4.78 is 13.0. The number of hydrogen-bond acceptors (Lipinski definition) is 3. The van der Waals surface area contributed by atoms with E-state index in [0.29, 0.717) is 0 Å². The molecular formula is C19H22FN3. The fourth-order valence-electron chi connectivity index (χ4n) is 3.79. The number of nitrogens with one attached hydrogen (secondary N) is 1. The van der Waals surface area contributed by atoms with E-state index in [2.05, 4.69) is 21.3 Å². The number of benzene rings is 1. The summed E-state index contributed by atoms with van der Waals surface area (Å²) in [6.07, 6.45) is 5.79. The van der Waals surface area contributed by atoms with Crippen LogP contribution in [0.4, 0.5) is 10.1 Å². The summed E-state index contributed by atoms with van der Waals surface area (Å²) >= 11 is 0. The van der Waals surface area contributed by atoms with Crippen molar-refractivity contribution in [1.82, 2.24) is 10.3 Å². The van der Waals surface area contributed by atoms with Crippen LogP contribution in [0.5, 0.6) is 0 Å². The Hall–Kier alpha value is -1.94. The van der Waals surface area contributed by atoms with Gasteiger partial charge in [-0.15, -0.1) is 0 Å². The van der Waals surface area contributed by atoms with E-state index in [1.807, 2.05) is 24.5 Å². The van der Waals surface area contributed by atoms with Gasteiger partial charge in [-0.3, -0.25) is 4.98 Å². The van der Waals surface area contributed by atoms with Crippen LogP contribution in [0.1, 0.15) is 11.1 Å². The Kier molecular flexibility index (Phi) is 4.00. The van der Waals surface area contributed by atoms with E-state index in [0.717, 1.165) is 50.9 Å². The molecule has 2 aliphatic heterocycles. The maximum absolute atomic E-state index is 13.0. The molecule has 0 saturated carbocycles. The zero-order chi connectivity index (χ0) is 15.6. The summed E-state index contributed by atoms with van der Waals surface area (Å²) in [5, 5.41) is 3.48. The van der Waals surface area contributed by atoms with Gasteiger partial charge in [0.2, 0.25) is 0 Å². The van der Waals surface area contributed by atoms with Crippen molar-refractivity contribution < 1.29 is 4.39 Å². The van der Waals surface area contributed by atoms with E-state index in [1.54, 1.807) is 0 Å². The summed E-state index contributed by atoms with van der Waals surface area (Å²) in [4.78, 5) is 6.91. The predicted octanol–water partition coefficient (Wildman–Crippen LogP) is 2.66. The van der Waals surface area contributed by atoms with Crippen LogP contribution in [0.3, 0.4) is 0 Å². The Morgan fingerprint density at radius 3 is 2.43 bits per heavy atom. The largest absolute Gasteiger partial charge is 0.370 e. The van der Waals surface area contributed by atoms with Crippen molar-refractivity contribution in [2.24, 2.45) is 11.8 Å². The van der Waals surface area contributed by atoms with Crippen molar-refractivity contribution in [3.63, 3.8) is 0 Å². The molecule has 4 heteroatoms. The topological polar surface area (TPSA) is 28.2 Å². The number of nitrogens with zero attached hydrogens (tertiary/aromatic N) is 2. The van der Waals surface area contributed by atoms with E-state index in [4.69, 9.17) is 0 Å². The molecule has 120 valence electrons. The maximum atomic E-state index is 13.0. The molecule has 2 atom stereocenters. The van der Waals surface area contributed by atoms with Crippen molar-refractivity contribution in [1.29, 1.82) is 0 Å². The molecule has 1 aromatic carbocycles. The highest BCUT2D eigenvalue weighted by molar-refractivity contribution is 5.47. The van der Waals surface area contributed by atoms with Crippen LogP contribution in [0.25, 0.3) is 0 Å². The lowest BCUT2D eigenvalue weighted by Gasteiger charge is -2.20. The van der Waals surface area contributed by atoms with Crippen LogP contribution in [0.2, 0.25) is 0 Å². The molecule has 1 N–H and O–H groups in total. The first-order valence-corrected chi connectivity index (χ1v) is 8.42. The van der Waals surface area contributed by atoms with Crippen molar-refractivity contribution in [2.45, 2.75) is 12.8 Å². The minimum atomic E-state index is -0.175. The van der Waals surface area contributed by atoms with E-state index in [1.165, 1.54) is 28.9 Å². The third-order valence-electron chi connectivity index (χ3n) is 5.15. The van der Waals surface area contributed by atoms with Gasteiger partial charge >= 0.3 is 0 Å². The second kappa shape index (κ2) is 6.28. The highest BCUT2D eigenvalue weighted by atomic mass is 19.1. The minimum absolute atomic E-state index is 0.175. The third kappa shape index (κ3) is 3.22. The molecule has 23 heavy (non-hydrogen) atoms. The van der Waals surface area contributed by atoms with Gasteiger partial charge in [-0.05, 0) is 54.0 Å². The number of aryl methyl sites for hydroxylation is 2. The summed E-state index contributed by atoms with van der Waals surface area (Å²) in [6.45, 7) is 4.58. The second-order valence-corrected chi connectivity index (χ2v) is 6.76. The summed E-state index contributed by atoms with van der Waals surface area (Å²) in [7, 11) is 0. The van der Waals surface area contributed by atoms with Crippen molar-refractivity contribution in [3.8, 4) is 0 Å². The monoisotopic (exact) mass is 311 g/mol. The number of hydrogen-bond donors (Lipinski definition) is 1. The fourth-order valence-corrected chi connectivity index (χ4v) is 3.79. The van der Waals surface area contributed by atoms with Gasteiger partial charge in [-0.25, -0.2) is 4.39 Å². The first-order chi connectivity index (χ1) is 11.3. The van der Waals surface area contributed by atoms with Gasteiger partial charge in [-0.1, -0.05) is 12.1 Å². The summed E-state index contributed by atoms with van der Waals surface area (Å²) in [5.74, 6) is 1.40. The molecule has 3 heterocycles. The molecular weight excluding hydrogens is 289 g/mol. The Balaban J connectivity index is 1.41. The van der Waals surface area contributed by atoms with E-state index in [9.17, 15) is 4.39 Å². The number of fused-ring (bicyclic) bond motifs is 1. The Morgan fingerprint density at radius 2 is 1.70 bits per heavy atom. The summed E-state index contributed by atoms with van der Waals surface area (Å²) in [6, 6.07) is 9.05. The standard InChI is InChI=1S/C19H22FN3/c20-18-5-3-14(4-6-18)1-2-15-7-19(11-21-8-15)23-12-16-9-22-10-17(16)13-23/h3-8,11,16-17,22H,1-2,9-10,12-13H2/t16-,17+. The summed E-state index contributed by atoms with van der Waals surface area (Å²) in [5.41, 5.74) is 3.66. The molecule has 0 radical (unpaired) electrons. The molecule has 2 fully saturated rings. The number of rotatable bonds is 4. The van der Waals surface area contributed by atoms with Crippen LogP contribution < -0.4 is 10.2 Å². The van der Waals surface area contributed by atoms with Crippen LogP contribution in [-0.2, 0) is 12.8 Å². The van der Waals surface area contributed by atoms with Gasteiger partial charge in [0.1, 0.15) is 5.82 Å². The van der Waals surface area contributed by atoms with Crippen LogP contribution in [-0.4, -0.2) is 31.2 Å². The average Bonchev–Trinajstić information content (AvgIpc) is 3.16. The molecule has 1 aromatic heterocycles. The highest BCUT2D eigenvalue weighted by Gasteiger charge is 2.36. The Morgan fingerprint density at radius 1 is 1.00 bits per heavy atom. The molecule has 0 unspecified atom stereocenters. The van der Waals surface area contributed by atoms with E-state index < -0.39 is 0 Å². The van der Waals surface area contributed by atoms with Gasteiger partial charge in [0.25, 0.3) is 0 Å². The van der Waals surface area contributed by atoms with Gasteiger partial charge in [-0.2, -0.15) is 0 Å². The first kappa shape index (κ1) is 14.6. The molecule has 0 bridgehead atoms. The first-order valence-electron chi connectivity index (χ1n) is 8.42. The van der Waals surface area contributed by atoms with Crippen LogP contribution in [0, 0.1) is 17.7 Å². The van der Waals surface area contributed by atoms with Gasteiger partial charge in [0.05, 0.1) is 11.9 Å².